The summed E-state index contributed by atoms with van der Waals surface area (Å²) in [5.74, 6) is -4.71. The summed E-state index contributed by atoms with van der Waals surface area (Å²) in [4.78, 5) is 80.2. The first-order valence-electron chi connectivity index (χ1n) is 12.4. The highest BCUT2D eigenvalue weighted by Crippen LogP contribution is 2.54. The second-order valence-corrected chi connectivity index (χ2v) is 10.1. The topological polar surface area (TPSA) is 148 Å². The van der Waals surface area contributed by atoms with Crippen LogP contribution in [0.1, 0.15) is 42.7 Å². The molecule has 0 saturated carbocycles. The number of carbonyl (C=O) groups excluding carboxylic acids is 4. The smallest absolute Gasteiger partial charge is 0.347 e. The number of hydrogen-bond donors (Lipinski definition) is 1. The summed E-state index contributed by atoms with van der Waals surface area (Å²) in [6.45, 7) is 3.13. The Morgan fingerprint density at radius 3 is 2.26 bits per heavy atom. The second-order valence-electron chi connectivity index (χ2n) is 10.1. The molecule has 2 heterocycles. The highest BCUT2D eigenvalue weighted by Gasteiger charge is 2.62. The average molecular weight is 537 g/mol. The molecular formula is C27H28N4O8. The fraction of sp³-hybridized carbons (Fsp3) is 0.407. The second kappa shape index (κ2) is 9.07. The highest BCUT2D eigenvalue weighted by atomic mass is 16.5. The Kier molecular flexibility index (Phi) is 6.08. The molecule has 1 aliphatic heterocycles. The third-order valence-corrected chi connectivity index (χ3v) is 8.10. The Morgan fingerprint density at radius 1 is 1.00 bits per heavy atom. The van der Waals surface area contributed by atoms with Crippen molar-refractivity contribution in [3.05, 3.63) is 79.7 Å². The number of esters is 2. The molecule has 2 aromatic rings. The van der Waals surface area contributed by atoms with E-state index in [2.05, 4.69) is 5.32 Å². The van der Waals surface area contributed by atoms with Crippen molar-refractivity contribution in [2.24, 2.45) is 18.9 Å². The van der Waals surface area contributed by atoms with Crippen molar-refractivity contribution in [1.29, 1.82) is 0 Å². The normalized spacial score (nSPS) is 27.2. The van der Waals surface area contributed by atoms with Gasteiger partial charge in [0.25, 0.3) is 5.91 Å². The molecule has 2 aliphatic carbocycles. The predicted molar refractivity (Wildman–Crippen MR) is 136 cm³/mol. The van der Waals surface area contributed by atoms with Crippen LogP contribution in [0.25, 0.3) is 0 Å². The van der Waals surface area contributed by atoms with Crippen LogP contribution in [0.3, 0.4) is 0 Å². The van der Waals surface area contributed by atoms with Crippen LogP contribution in [0, 0.1) is 11.8 Å². The molecule has 39 heavy (non-hydrogen) atoms. The number of methoxy groups -OCH3 is 2. The lowest BCUT2D eigenvalue weighted by Gasteiger charge is -2.37. The van der Waals surface area contributed by atoms with Gasteiger partial charge in [-0.3, -0.25) is 14.4 Å². The van der Waals surface area contributed by atoms with Gasteiger partial charge in [-0.2, -0.15) is 0 Å². The van der Waals surface area contributed by atoms with Crippen molar-refractivity contribution in [2.45, 2.75) is 37.9 Å². The maximum Gasteiger partial charge on any atom is 0.347 e. The van der Waals surface area contributed by atoms with Gasteiger partial charge in [0.05, 0.1) is 32.2 Å². The molecule has 1 amide bonds. The number of Topliss-reactive ketones (excluding diaryl/α,β-unsaturated/α-hetero) is 1. The number of rotatable bonds is 4. The van der Waals surface area contributed by atoms with E-state index in [1.807, 2.05) is 0 Å². The van der Waals surface area contributed by atoms with E-state index in [9.17, 15) is 28.8 Å². The van der Waals surface area contributed by atoms with E-state index in [1.54, 1.807) is 37.3 Å². The molecule has 3 aliphatic rings. The number of nitrogens with zero attached hydrogens (tertiary/aromatic N) is 3. The summed E-state index contributed by atoms with van der Waals surface area (Å²) >= 11 is 0. The predicted octanol–water partition coefficient (Wildman–Crippen LogP) is 0.441. The molecule has 0 spiro atoms. The van der Waals surface area contributed by atoms with Crippen molar-refractivity contribution in [2.75, 3.05) is 14.2 Å². The molecule has 0 bridgehead atoms. The van der Waals surface area contributed by atoms with Crippen LogP contribution in [-0.2, 0) is 30.9 Å². The lowest BCUT2D eigenvalue weighted by Crippen LogP contribution is -2.57. The number of ketones is 1. The third-order valence-electron chi connectivity index (χ3n) is 8.10. The minimum Gasteiger partial charge on any atom is -0.469 e. The molecule has 4 unspecified atom stereocenters. The Bertz CT molecular complexity index is 1610. The Balaban J connectivity index is 1.79. The third kappa shape index (κ3) is 3.57. The maximum atomic E-state index is 14.3. The summed E-state index contributed by atoms with van der Waals surface area (Å²) in [6, 6.07) is 6.43. The lowest BCUT2D eigenvalue weighted by molar-refractivity contribution is -0.146. The van der Waals surface area contributed by atoms with Crippen LogP contribution in [-0.4, -0.2) is 57.3 Å². The Morgan fingerprint density at radius 2 is 1.64 bits per heavy atom. The van der Waals surface area contributed by atoms with Gasteiger partial charge in [-0.25, -0.2) is 28.3 Å². The van der Waals surface area contributed by atoms with Crippen LogP contribution in [0.15, 0.2) is 62.7 Å². The molecular weight excluding hydrogens is 508 g/mol. The number of carbonyl (C=O) groups is 4. The minimum absolute atomic E-state index is 0.0765. The number of aromatic nitrogens is 3. The molecule has 204 valence electrons. The van der Waals surface area contributed by atoms with Crippen LogP contribution in [0.5, 0.6) is 0 Å². The first-order chi connectivity index (χ1) is 18.5. The first kappa shape index (κ1) is 26.1. The van der Waals surface area contributed by atoms with Crippen LogP contribution in [0.4, 0.5) is 0 Å². The number of benzene rings is 1. The number of fused-ring (bicyclic) bond motifs is 2. The van der Waals surface area contributed by atoms with Crippen LogP contribution in [0.2, 0.25) is 0 Å². The van der Waals surface area contributed by atoms with Crippen molar-refractivity contribution < 1.29 is 28.7 Å². The Hall–Kier alpha value is -4.48. The van der Waals surface area contributed by atoms with Gasteiger partial charge in [0.2, 0.25) is 0 Å². The largest absolute Gasteiger partial charge is 0.469 e. The summed E-state index contributed by atoms with van der Waals surface area (Å²) in [6.07, 6.45) is 1.26. The van der Waals surface area contributed by atoms with Gasteiger partial charge in [0.15, 0.2) is 5.78 Å². The van der Waals surface area contributed by atoms with E-state index >= 15 is 0 Å². The van der Waals surface area contributed by atoms with Gasteiger partial charge in [-0.15, -0.1) is 0 Å². The molecule has 1 aromatic carbocycles. The highest BCUT2D eigenvalue weighted by molar-refractivity contribution is 6.11. The van der Waals surface area contributed by atoms with Gasteiger partial charge in [0.1, 0.15) is 5.54 Å². The Labute approximate surface area is 222 Å². The van der Waals surface area contributed by atoms with Crippen molar-refractivity contribution >= 4 is 23.6 Å². The number of ether oxygens (including phenoxy) is 2. The molecule has 0 radical (unpaired) electrons. The summed E-state index contributed by atoms with van der Waals surface area (Å²) in [5, 5.41) is 2.84. The van der Waals surface area contributed by atoms with Crippen molar-refractivity contribution in [3.63, 3.8) is 0 Å². The zero-order valence-corrected chi connectivity index (χ0v) is 22.1. The standard InChI is InChI=1S/C27H28N4O8/c1-13-18-19-17(31-26(37)29(3)25(36)30(13)31)12-15(23(34)38-4)11-16(24(35)39-5)20(19)27(2,21(18)32)28-22(33)14-9-7-6-8-10-14/h6-11,13,16-17,20H,12H2,1-5H3,(H,28,33)/t13?,16?,17?,20?,27-/m1/s1. The molecule has 5 atom stereocenters. The van der Waals surface area contributed by atoms with E-state index in [0.717, 1.165) is 4.57 Å². The molecule has 1 N–H and O–H groups in total. The fourth-order valence-corrected chi connectivity index (χ4v) is 6.30. The van der Waals surface area contributed by atoms with Gasteiger partial charge in [-0.1, -0.05) is 24.3 Å². The number of amides is 1. The molecule has 12 nitrogen and oxygen atoms in total. The van der Waals surface area contributed by atoms with Gasteiger partial charge in [0, 0.05) is 36.1 Å². The van der Waals surface area contributed by atoms with E-state index in [0.29, 0.717) is 11.1 Å². The quantitative estimate of drug-likeness (QED) is 0.554. The van der Waals surface area contributed by atoms with Crippen molar-refractivity contribution in [1.82, 2.24) is 19.2 Å². The monoisotopic (exact) mass is 536 g/mol. The lowest BCUT2D eigenvalue weighted by atomic mass is 9.74. The summed E-state index contributed by atoms with van der Waals surface area (Å²) < 4.78 is 13.4. The van der Waals surface area contributed by atoms with E-state index in [-0.39, 0.29) is 17.6 Å². The zero-order chi connectivity index (χ0) is 28.4. The maximum absolute atomic E-state index is 14.3. The average Bonchev–Trinajstić information content (AvgIpc) is 3.20. The van der Waals surface area contributed by atoms with E-state index < -0.39 is 64.5 Å². The summed E-state index contributed by atoms with van der Waals surface area (Å²) in [7, 11) is 3.70. The van der Waals surface area contributed by atoms with Gasteiger partial charge in [-0.05, 0) is 31.6 Å². The zero-order valence-electron chi connectivity index (χ0n) is 22.1. The molecule has 5 rings (SSSR count). The van der Waals surface area contributed by atoms with Crippen molar-refractivity contribution in [3.8, 4) is 0 Å². The molecule has 0 fully saturated rings. The van der Waals surface area contributed by atoms with Crippen LogP contribution < -0.4 is 16.7 Å². The SMILES string of the molecule is COC(=O)C1=CC(C(=O)OC)C2C3=C(C(=O)[C@]2(C)NC(=O)c2ccccc2)C(C)n2c(=O)n(C)c(=O)n2C3C1. The molecule has 12 heteroatoms. The first-order valence-corrected chi connectivity index (χ1v) is 12.4. The minimum atomic E-state index is -1.68. The molecule has 1 aromatic heterocycles. The van der Waals surface area contributed by atoms with Gasteiger partial charge < -0.3 is 14.8 Å². The van der Waals surface area contributed by atoms with E-state index in [4.69, 9.17) is 9.47 Å². The summed E-state index contributed by atoms with van der Waals surface area (Å²) in [5.41, 5.74) is -1.97. The fourth-order valence-electron chi connectivity index (χ4n) is 6.30. The van der Waals surface area contributed by atoms with Gasteiger partial charge >= 0.3 is 23.3 Å². The molecule has 0 saturated heterocycles. The van der Waals surface area contributed by atoms with E-state index in [1.165, 1.54) is 43.6 Å². The number of hydrogen-bond acceptors (Lipinski definition) is 8. The number of nitrogens with one attached hydrogen (secondary N) is 1. The van der Waals surface area contributed by atoms with Crippen LogP contribution >= 0.6 is 0 Å².